The first kappa shape index (κ1) is 16.5. The van der Waals surface area contributed by atoms with Gasteiger partial charge in [-0.25, -0.2) is 0 Å². The average Bonchev–Trinajstić information content (AvgIpc) is 2.46. The van der Waals surface area contributed by atoms with Crippen molar-refractivity contribution in [1.82, 2.24) is 5.32 Å². The lowest BCUT2D eigenvalue weighted by Crippen LogP contribution is -2.48. The van der Waals surface area contributed by atoms with Crippen LogP contribution in [0.25, 0.3) is 0 Å². The van der Waals surface area contributed by atoms with Gasteiger partial charge < -0.3 is 14.8 Å². The van der Waals surface area contributed by atoms with Gasteiger partial charge in [0.1, 0.15) is 11.3 Å². The van der Waals surface area contributed by atoms with E-state index < -0.39 is 5.54 Å². The van der Waals surface area contributed by atoms with Crippen molar-refractivity contribution in [2.24, 2.45) is 0 Å². The maximum Gasteiger partial charge on any atom is 0.325 e. The molecule has 0 spiro atoms. The summed E-state index contributed by atoms with van der Waals surface area (Å²) < 4.78 is 10.6. The van der Waals surface area contributed by atoms with Crippen LogP contribution in [0.4, 0.5) is 0 Å². The summed E-state index contributed by atoms with van der Waals surface area (Å²) in [5, 5.41) is 3.02. The van der Waals surface area contributed by atoms with E-state index in [0.717, 1.165) is 17.7 Å². The zero-order chi connectivity index (χ0) is 15.2. The SMILES string of the molecule is CNC(C)(CCCOc1cccc(C)c1C)C(=O)OC. The van der Waals surface area contributed by atoms with Crippen molar-refractivity contribution in [3.05, 3.63) is 29.3 Å². The first-order valence-electron chi connectivity index (χ1n) is 6.91. The number of rotatable bonds is 7. The lowest BCUT2D eigenvalue weighted by molar-refractivity contribution is -0.148. The summed E-state index contributed by atoms with van der Waals surface area (Å²) in [4.78, 5) is 11.7. The Balaban J connectivity index is 2.49. The van der Waals surface area contributed by atoms with E-state index in [1.165, 1.54) is 12.7 Å². The Morgan fingerprint density at radius 2 is 2.05 bits per heavy atom. The van der Waals surface area contributed by atoms with Crippen LogP contribution in [0.1, 0.15) is 30.9 Å². The van der Waals surface area contributed by atoms with Gasteiger partial charge in [-0.1, -0.05) is 12.1 Å². The van der Waals surface area contributed by atoms with Crippen molar-refractivity contribution in [2.75, 3.05) is 20.8 Å². The van der Waals surface area contributed by atoms with Crippen molar-refractivity contribution in [3.8, 4) is 5.75 Å². The number of hydrogen-bond acceptors (Lipinski definition) is 4. The predicted molar refractivity (Wildman–Crippen MR) is 80.1 cm³/mol. The van der Waals surface area contributed by atoms with Gasteiger partial charge >= 0.3 is 5.97 Å². The number of benzene rings is 1. The fraction of sp³-hybridized carbons (Fsp3) is 0.562. The van der Waals surface area contributed by atoms with Crippen molar-refractivity contribution in [2.45, 2.75) is 39.2 Å². The molecule has 0 amide bonds. The van der Waals surface area contributed by atoms with Gasteiger partial charge in [0.15, 0.2) is 0 Å². The topological polar surface area (TPSA) is 47.6 Å². The molecule has 0 aliphatic heterocycles. The van der Waals surface area contributed by atoms with E-state index in [-0.39, 0.29) is 5.97 Å². The molecule has 0 aliphatic carbocycles. The standard InChI is InChI=1S/C16H25NO3/c1-12-8-6-9-14(13(12)2)20-11-7-10-16(3,17-4)15(18)19-5/h6,8-9,17H,7,10-11H2,1-5H3. The summed E-state index contributed by atoms with van der Waals surface area (Å²) >= 11 is 0. The van der Waals surface area contributed by atoms with Gasteiger partial charge in [-0.3, -0.25) is 4.79 Å². The number of esters is 1. The molecular weight excluding hydrogens is 254 g/mol. The predicted octanol–water partition coefficient (Wildman–Crippen LogP) is 2.61. The molecule has 0 bridgehead atoms. The van der Waals surface area contributed by atoms with E-state index in [0.29, 0.717) is 13.0 Å². The number of carbonyl (C=O) groups is 1. The Morgan fingerprint density at radius 1 is 1.35 bits per heavy atom. The second-order valence-corrected chi connectivity index (χ2v) is 5.22. The minimum atomic E-state index is -0.653. The third-order valence-corrected chi connectivity index (χ3v) is 3.82. The number of likely N-dealkylation sites (N-methyl/N-ethyl adjacent to an activating group) is 1. The molecular formula is C16H25NO3. The van der Waals surface area contributed by atoms with Gasteiger partial charge in [0.2, 0.25) is 0 Å². The first-order chi connectivity index (χ1) is 9.44. The zero-order valence-electron chi connectivity index (χ0n) is 13.1. The normalized spacial score (nSPS) is 13.7. The molecule has 0 saturated carbocycles. The van der Waals surface area contributed by atoms with Gasteiger partial charge in [0.25, 0.3) is 0 Å². The van der Waals surface area contributed by atoms with Crippen molar-refractivity contribution in [3.63, 3.8) is 0 Å². The molecule has 1 unspecified atom stereocenters. The van der Waals surface area contributed by atoms with Gasteiger partial charge in [-0.15, -0.1) is 0 Å². The third kappa shape index (κ3) is 3.97. The third-order valence-electron chi connectivity index (χ3n) is 3.82. The van der Waals surface area contributed by atoms with E-state index in [9.17, 15) is 4.79 Å². The van der Waals surface area contributed by atoms with Gasteiger partial charge in [-0.2, -0.15) is 0 Å². The van der Waals surface area contributed by atoms with Crippen LogP contribution < -0.4 is 10.1 Å². The lowest BCUT2D eigenvalue weighted by atomic mass is 9.96. The van der Waals surface area contributed by atoms with Crippen molar-refractivity contribution >= 4 is 5.97 Å². The van der Waals surface area contributed by atoms with Crippen LogP contribution in [0.15, 0.2) is 18.2 Å². The highest BCUT2D eigenvalue weighted by Gasteiger charge is 2.31. The maximum atomic E-state index is 11.7. The van der Waals surface area contributed by atoms with Crippen LogP contribution in [0.5, 0.6) is 5.75 Å². The minimum absolute atomic E-state index is 0.244. The largest absolute Gasteiger partial charge is 0.493 e. The smallest absolute Gasteiger partial charge is 0.325 e. The summed E-state index contributed by atoms with van der Waals surface area (Å²) in [6, 6.07) is 6.03. The van der Waals surface area contributed by atoms with Gasteiger partial charge in [-0.05, 0) is 57.9 Å². The molecule has 0 aliphatic rings. The molecule has 112 valence electrons. The summed E-state index contributed by atoms with van der Waals surface area (Å²) in [5.41, 5.74) is 1.73. The number of hydrogen-bond donors (Lipinski definition) is 1. The molecule has 4 heteroatoms. The Morgan fingerprint density at radius 3 is 2.65 bits per heavy atom. The van der Waals surface area contributed by atoms with Crippen LogP contribution >= 0.6 is 0 Å². The number of nitrogens with one attached hydrogen (secondary N) is 1. The fourth-order valence-electron chi connectivity index (χ4n) is 2.04. The van der Waals surface area contributed by atoms with Crippen LogP contribution in [0.3, 0.4) is 0 Å². The molecule has 4 nitrogen and oxygen atoms in total. The second-order valence-electron chi connectivity index (χ2n) is 5.22. The zero-order valence-corrected chi connectivity index (χ0v) is 13.1. The lowest BCUT2D eigenvalue weighted by Gasteiger charge is -2.26. The molecule has 0 saturated heterocycles. The minimum Gasteiger partial charge on any atom is -0.493 e. The Labute approximate surface area is 121 Å². The van der Waals surface area contributed by atoms with Crippen LogP contribution in [-0.4, -0.2) is 32.3 Å². The van der Waals surface area contributed by atoms with E-state index in [1.54, 1.807) is 7.05 Å². The van der Waals surface area contributed by atoms with E-state index in [4.69, 9.17) is 9.47 Å². The molecule has 0 aromatic heterocycles. The number of ether oxygens (including phenoxy) is 2. The first-order valence-corrected chi connectivity index (χ1v) is 6.91. The van der Waals surface area contributed by atoms with Crippen molar-refractivity contribution < 1.29 is 14.3 Å². The monoisotopic (exact) mass is 279 g/mol. The molecule has 1 rings (SSSR count). The molecule has 1 atom stereocenters. The molecule has 0 fully saturated rings. The summed E-state index contributed by atoms with van der Waals surface area (Å²) in [6.07, 6.45) is 1.45. The summed E-state index contributed by atoms with van der Waals surface area (Å²) in [7, 11) is 3.17. The fourth-order valence-corrected chi connectivity index (χ4v) is 2.04. The average molecular weight is 279 g/mol. The number of aryl methyl sites for hydroxylation is 1. The molecule has 1 aromatic rings. The Kier molecular flexibility index (Phi) is 6.02. The highest BCUT2D eigenvalue weighted by molar-refractivity contribution is 5.80. The number of methoxy groups -OCH3 is 1. The van der Waals surface area contributed by atoms with E-state index >= 15 is 0 Å². The van der Waals surface area contributed by atoms with Gasteiger partial charge in [0.05, 0.1) is 13.7 Å². The maximum absolute atomic E-state index is 11.7. The molecule has 0 radical (unpaired) electrons. The number of carbonyl (C=O) groups excluding carboxylic acids is 1. The van der Waals surface area contributed by atoms with Crippen LogP contribution in [0.2, 0.25) is 0 Å². The van der Waals surface area contributed by atoms with E-state index in [2.05, 4.69) is 25.2 Å². The summed E-state index contributed by atoms with van der Waals surface area (Å²) in [5.74, 6) is 0.668. The molecule has 1 N–H and O–H groups in total. The van der Waals surface area contributed by atoms with E-state index in [1.807, 2.05) is 19.1 Å². The van der Waals surface area contributed by atoms with Gasteiger partial charge in [0, 0.05) is 0 Å². The van der Waals surface area contributed by atoms with Crippen LogP contribution in [0, 0.1) is 13.8 Å². The molecule has 0 heterocycles. The second kappa shape index (κ2) is 7.29. The highest BCUT2D eigenvalue weighted by Crippen LogP contribution is 2.21. The molecule has 20 heavy (non-hydrogen) atoms. The quantitative estimate of drug-likeness (QED) is 0.615. The Bertz CT molecular complexity index is 459. The molecule has 1 aromatic carbocycles. The Hall–Kier alpha value is -1.55. The highest BCUT2D eigenvalue weighted by atomic mass is 16.5. The van der Waals surface area contributed by atoms with Crippen LogP contribution in [-0.2, 0) is 9.53 Å². The van der Waals surface area contributed by atoms with Crippen molar-refractivity contribution in [1.29, 1.82) is 0 Å². The summed E-state index contributed by atoms with van der Waals surface area (Å²) in [6.45, 7) is 6.55.